The molecule has 2 heterocycles. The molecule has 2 aliphatic heterocycles. The van der Waals surface area contributed by atoms with Crippen molar-refractivity contribution in [3.05, 3.63) is 65.2 Å². The van der Waals surface area contributed by atoms with Crippen LogP contribution in [0.4, 0.5) is 10.5 Å². The standard InChI is InChI=1S/C20H21ClN4O/c21-15-8-4-9-16(12-15)22-20(26)25-11-5-10-18-17(13-25)19(24-23-18)14-6-2-1-3-7-14/h1-4,6-9,12,17-18,23H,5,10-11,13H2,(H,22,26). The SMILES string of the molecule is O=C(Nc1cccc(Cl)c1)N1CCCC2NN=C(c3ccccc3)C2C1. The minimum Gasteiger partial charge on any atom is -0.324 e. The molecule has 2 aromatic rings. The molecule has 5 nitrogen and oxygen atoms in total. The van der Waals surface area contributed by atoms with Gasteiger partial charge in [-0.2, -0.15) is 5.10 Å². The maximum absolute atomic E-state index is 12.8. The van der Waals surface area contributed by atoms with Crippen LogP contribution in [0.25, 0.3) is 0 Å². The lowest BCUT2D eigenvalue weighted by atomic mass is 9.90. The Morgan fingerprint density at radius 1 is 1.19 bits per heavy atom. The number of benzene rings is 2. The van der Waals surface area contributed by atoms with Crippen LogP contribution in [0.15, 0.2) is 59.7 Å². The predicted octanol–water partition coefficient (Wildman–Crippen LogP) is 3.96. The van der Waals surface area contributed by atoms with Gasteiger partial charge in [-0.3, -0.25) is 0 Å². The van der Waals surface area contributed by atoms with Crippen LogP contribution < -0.4 is 10.7 Å². The number of halogens is 1. The Kier molecular flexibility index (Phi) is 4.80. The molecule has 26 heavy (non-hydrogen) atoms. The number of rotatable bonds is 2. The molecule has 2 amide bonds. The third-order valence-corrected chi connectivity index (χ3v) is 5.22. The average Bonchev–Trinajstić information content (AvgIpc) is 2.92. The number of amides is 2. The van der Waals surface area contributed by atoms with E-state index in [0.717, 1.165) is 30.7 Å². The van der Waals surface area contributed by atoms with Gasteiger partial charge in [0.05, 0.1) is 11.8 Å². The van der Waals surface area contributed by atoms with Gasteiger partial charge in [0.1, 0.15) is 0 Å². The fourth-order valence-electron chi connectivity index (χ4n) is 3.67. The van der Waals surface area contributed by atoms with Crippen LogP contribution in [0.1, 0.15) is 18.4 Å². The Labute approximate surface area is 158 Å². The van der Waals surface area contributed by atoms with Gasteiger partial charge in [0, 0.05) is 29.7 Å². The highest BCUT2D eigenvalue weighted by atomic mass is 35.5. The number of carbonyl (C=O) groups is 1. The molecule has 1 saturated heterocycles. The highest BCUT2D eigenvalue weighted by Gasteiger charge is 2.36. The Bertz CT molecular complexity index is 824. The van der Waals surface area contributed by atoms with Gasteiger partial charge in [-0.1, -0.05) is 48.0 Å². The van der Waals surface area contributed by atoms with Gasteiger partial charge in [-0.15, -0.1) is 0 Å². The predicted molar refractivity (Wildman–Crippen MR) is 105 cm³/mol. The van der Waals surface area contributed by atoms with Crippen molar-refractivity contribution in [1.82, 2.24) is 10.3 Å². The van der Waals surface area contributed by atoms with Crippen LogP contribution in [0, 0.1) is 5.92 Å². The molecule has 2 atom stereocenters. The van der Waals surface area contributed by atoms with Crippen LogP contribution in [0.5, 0.6) is 0 Å². The van der Waals surface area contributed by atoms with E-state index in [2.05, 4.69) is 28.0 Å². The average molecular weight is 369 g/mol. The summed E-state index contributed by atoms with van der Waals surface area (Å²) in [5.41, 5.74) is 6.14. The van der Waals surface area contributed by atoms with Crippen molar-refractivity contribution in [2.24, 2.45) is 11.0 Å². The lowest BCUT2D eigenvalue weighted by Gasteiger charge is -2.25. The Balaban J connectivity index is 1.50. The smallest absolute Gasteiger partial charge is 0.321 e. The number of fused-ring (bicyclic) bond motifs is 1. The van der Waals surface area contributed by atoms with Crippen LogP contribution in [-0.2, 0) is 0 Å². The molecule has 0 saturated carbocycles. The zero-order valence-corrected chi connectivity index (χ0v) is 15.1. The first-order valence-corrected chi connectivity index (χ1v) is 9.28. The number of hydrazone groups is 1. The van der Waals surface area contributed by atoms with Crippen LogP contribution >= 0.6 is 11.6 Å². The topological polar surface area (TPSA) is 56.7 Å². The third kappa shape index (κ3) is 3.53. The summed E-state index contributed by atoms with van der Waals surface area (Å²) >= 11 is 6.01. The highest BCUT2D eigenvalue weighted by Crippen LogP contribution is 2.26. The number of urea groups is 1. The molecule has 2 aliphatic rings. The zero-order chi connectivity index (χ0) is 17.9. The van der Waals surface area contributed by atoms with E-state index in [4.69, 9.17) is 11.6 Å². The largest absolute Gasteiger partial charge is 0.324 e. The summed E-state index contributed by atoms with van der Waals surface area (Å²) in [4.78, 5) is 14.7. The fraction of sp³-hybridized carbons (Fsp3) is 0.300. The molecule has 6 heteroatoms. The van der Waals surface area contributed by atoms with E-state index in [1.54, 1.807) is 12.1 Å². The second-order valence-electron chi connectivity index (χ2n) is 6.73. The van der Waals surface area contributed by atoms with E-state index in [0.29, 0.717) is 17.3 Å². The first kappa shape index (κ1) is 16.9. The molecule has 0 bridgehead atoms. The summed E-state index contributed by atoms with van der Waals surface area (Å²) in [6, 6.07) is 17.6. The van der Waals surface area contributed by atoms with Gasteiger partial charge in [-0.05, 0) is 36.6 Å². The summed E-state index contributed by atoms with van der Waals surface area (Å²) in [7, 11) is 0. The van der Waals surface area contributed by atoms with Crippen LogP contribution in [-0.4, -0.2) is 35.8 Å². The molecular formula is C20H21ClN4O. The molecule has 2 aromatic carbocycles. The molecule has 134 valence electrons. The van der Waals surface area contributed by atoms with E-state index >= 15 is 0 Å². The number of likely N-dealkylation sites (tertiary alicyclic amines) is 1. The van der Waals surface area contributed by atoms with Crippen molar-refractivity contribution in [3.8, 4) is 0 Å². The molecule has 0 aliphatic carbocycles. The van der Waals surface area contributed by atoms with Crippen molar-refractivity contribution >= 4 is 29.0 Å². The van der Waals surface area contributed by atoms with E-state index < -0.39 is 0 Å². The van der Waals surface area contributed by atoms with Crippen molar-refractivity contribution in [1.29, 1.82) is 0 Å². The summed E-state index contributed by atoms with van der Waals surface area (Å²) in [6.07, 6.45) is 1.96. The number of hydrogen-bond donors (Lipinski definition) is 2. The minimum absolute atomic E-state index is 0.0905. The lowest BCUT2D eigenvalue weighted by molar-refractivity contribution is 0.210. The zero-order valence-electron chi connectivity index (χ0n) is 14.4. The van der Waals surface area contributed by atoms with E-state index in [1.807, 2.05) is 35.2 Å². The quantitative estimate of drug-likeness (QED) is 0.843. The Morgan fingerprint density at radius 3 is 2.85 bits per heavy atom. The monoisotopic (exact) mass is 368 g/mol. The van der Waals surface area contributed by atoms with E-state index in [-0.39, 0.29) is 18.0 Å². The van der Waals surface area contributed by atoms with E-state index in [9.17, 15) is 4.79 Å². The van der Waals surface area contributed by atoms with E-state index in [1.165, 1.54) is 0 Å². The molecule has 4 rings (SSSR count). The number of nitrogens with zero attached hydrogens (tertiary/aromatic N) is 2. The van der Waals surface area contributed by atoms with Gasteiger partial charge in [-0.25, -0.2) is 4.79 Å². The second kappa shape index (κ2) is 7.38. The fourth-order valence-corrected chi connectivity index (χ4v) is 3.86. The normalized spacial score (nSPS) is 22.0. The number of anilines is 1. The van der Waals surface area contributed by atoms with Crippen LogP contribution in [0.2, 0.25) is 5.02 Å². The van der Waals surface area contributed by atoms with Gasteiger partial charge in [0.25, 0.3) is 0 Å². The van der Waals surface area contributed by atoms with Crippen molar-refractivity contribution in [3.63, 3.8) is 0 Å². The Morgan fingerprint density at radius 2 is 2.04 bits per heavy atom. The number of carbonyl (C=O) groups excluding carboxylic acids is 1. The lowest BCUT2D eigenvalue weighted by Crippen LogP contribution is -2.41. The maximum Gasteiger partial charge on any atom is 0.321 e. The Hall–Kier alpha value is -2.53. The van der Waals surface area contributed by atoms with Gasteiger partial charge in [0.15, 0.2) is 0 Å². The minimum atomic E-state index is -0.0905. The second-order valence-corrected chi connectivity index (χ2v) is 7.17. The molecule has 0 aromatic heterocycles. The number of hydrogen-bond acceptors (Lipinski definition) is 3. The maximum atomic E-state index is 12.8. The molecule has 1 fully saturated rings. The first-order chi connectivity index (χ1) is 12.7. The molecular weight excluding hydrogens is 348 g/mol. The molecule has 2 N–H and O–H groups in total. The van der Waals surface area contributed by atoms with Crippen molar-refractivity contribution in [2.45, 2.75) is 18.9 Å². The molecule has 0 radical (unpaired) electrons. The summed E-state index contributed by atoms with van der Waals surface area (Å²) < 4.78 is 0. The van der Waals surface area contributed by atoms with Crippen LogP contribution in [0.3, 0.4) is 0 Å². The van der Waals surface area contributed by atoms with Gasteiger partial charge in [0.2, 0.25) is 0 Å². The van der Waals surface area contributed by atoms with Crippen molar-refractivity contribution < 1.29 is 4.79 Å². The molecule has 0 spiro atoms. The highest BCUT2D eigenvalue weighted by molar-refractivity contribution is 6.30. The number of nitrogens with one attached hydrogen (secondary N) is 2. The summed E-state index contributed by atoms with van der Waals surface area (Å²) in [6.45, 7) is 1.39. The third-order valence-electron chi connectivity index (χ3n) is 4.98. The van der Waals surface area contributed by atoms with Crippen molar-refractivity contribution in [2.75, 3.05) is 18.4 Å². The van der Waals surface area contributed by atoms with Gasteiger partial charge >= 0.3 is 6.03 Å². The van der Waals surface area contributed by atoms with Gasteiger partial charge < -0.3 is 15.6 Å². The molecule has 2 unspecified atom stereocenters. The summed E-state index contributed by atoms with van der Waals surface area (Å²) in [5.74, 6) is 0.199. The summed E-state index contributed by atoms with van der Waals surface area (Å²) in [5, 5.41) is 8.14. The first-order valence-electron chi connectivity index (χ1n) is 8.91.